The molecule has 0 radical (unpaired) electrons. The molecule has 0 spiro atoms. The smallest absolute Gasteiger partial charge is 0.194 e. The van der Waals surface area contributed by atoms with E-state index in [1.165, 1.54) is 19.3 Å². The molecule has 23 heavy (non-hydrogen) atoms. The third-order valence-corrected chi connectivity index (χ3v) is 6.89. The maximum Gasteiger partial charge on any atom is 0.194 e. The van der Waals surface area contributed by atoms with E-state index in [9.17, 15) is 8.42 Å². The first-order valence-corrected chi connectivity index (χ1v) is 10.5. The second kappa shape index (κ2) is 7.89. The van der Waals surface area contributed by atoms with Gasteiger partial charge in [0.1, 0.15) is 0 Å². The van der Waals surface area contributed by atoms with Gasteiger partial charge in [-0.15, -0.1) is 24.0 Å². The number of aliphatic imine (C=N–C) groups is 1. The summed E-state index contributed by atoms with van der Waals surface area (Å²) in [7, 11) is -2.80. The minimum atomic E-state index is -2.80. The SMILES string of the molecule is CC(C)NC(=NCC1CCS(=O)(=O)C1)N1CCC(C2CC2)C1.I. The van der Waals surface area contributed by atoms with Crippen molar-refractivity contribution < 1.29 is 8.42 Å². The van der Waals surface area contributed by atoms with Gasteiger partial charge in [-0.2, -0.15) is 0 Å². The number of halogens is 1. The molecule has 0 bridgehead atoms. The van der Waals surface area contributed by atoms with Gasteiger partial charge in [-0.1, -0.05) is 0 Å². The molecule has 3 rings (SSSR count). The van der Waals surface area contributed by atoms with Crippen molar-refractivity contribution >= 4 is 39.8 Å². The summed E-state index contributed by atoms with van der Waals surface area (Å²) in [5, 5.41) is 3.47. The van der Waals surface area contributed by atoms with Crippen LogP contribution in [0.5, 0.6) is 0 Å². The molecule has 2 saturated heterocycles. The van der Waals surface area contributed by atoms with Crippen molar-refractivity contribution in [3.05, 3.63) is 0 Å². The number of likely N-dealkylation sites (tertiary alicyclic amines) is 1. The molecule has 2 aliphatic heterocycles. The van der Waals surface area contributed by atoms with Crippen LogP contribution in [0.2, 0.25) is 0 Å². The lowest BCUT2D eigenvalue weighted by Crippen LogP contribution is -2.43. The Hall–Kier alpha value is -0.0500. The first-order chi connectivity index (χ1) is 10.4. The van der Waals surface area contributed by atoms with E-state index in [4.69, 9.17) is 4.99 Å². The summed E-state index contributed by atoms with van der Waals surface area (Å²) < 4.78 is 23.1. The number of hydrogen-bond donors (Lipinski definition) is 1. The van der Waals surface area contributed by atoms with Crippen LogP contribution in [-0.2, 0) is 9.84 Å². The summed E-state index contributed by atoms with van der Waals surface area (Å²) in [5.41, 5.74) is 0. The number of rotatable bonds is 4. The quantitative estimate of drug-likeness (QED) is 0.401. The van der Waals surface area contributed by atoms with Crippen molar-refractivity contribution in [1.29, 1.82) is 0 Å². The van der Waals surface area contributed by atoms with Gasteiger partial charge < -0.3 is 10.2 Å². The Balaban J connectivity index is 0.00000192. The van der Waals surface area contributed by atoms with Crippen LogP contribution in [-0.4, -0.2) is 56.5 Å². The summed E-state index contributed by atoms with van der Waals surface area (Å²) in [4.78, 5) is 7.16. The average Bonchev–Trinajstić information content (AvgIpc) is 3.06. The van der Waals surface area contributed by atoms with Crippen LogP contribution in [0, 0.1) is 17.8 Å². The van der Waals surface area contributed by atoms with Gasteiger partial charge in [0.15, 0.2) is 15.8 Å². The molecule has 134 valence electrons. The van der Waals surface area contributed by atoms with Crippen LogP contribution in [0.4, 0.5) is 0 Å². The highest BCUT2D eigenvalue weighted by Gasteiger charge is 2.37. The van der Waals surface area contributed by atoms with Gasteiger partial charge in [0, 0.05) is 25.7 Å². The van der Waals surface area contributed by atoms with Crippen LogP contribution in [0.15, 0.2) is 4.99 Å². The molecular formula is C16H30IN3O2S. The molecule has 7 heteroatoms. The Kier molecular flexibility index (Phi) is 6.61. The van der Waals surface area contributed by atoms with E-state index in [1.54, 1.807) is 0 Å². The van der Waals surface area contributed by atoms with Crippen LogP contribution in [0.1, 0.15) is 39.5 Å². The molecule has 0 aromatic rings. The fourth-order valence-electron chi connectivity index (χ4n) is 3.66. The van der Waals surface area contributed by atoms with Gasteiger partial charge >= 0.3 is 0 Å². The van der Waals surface area contributed by atoms with Crippen molar-refractivity contribution in [1.82, 2.24) is 10.2 Å². The third-order valence-electron chi connectivity index (χ3n) is 5.06. The first kappa shape index (κ1) is 19.3. The standard InChI is InChI=1S/C16H29N3O2S.HI/c1-12(2)18-16(17-9-13-6-8-22(20,21)11-13)19-7-5-15(10-19)14-3-4-14;/h12-15H,3-11H2,1-2H3,(H,17,18);1H. The Labute approximate surface area is 157 Å². The Bertz CT molecular complexity index is 531. The monoisotopic (exact) mass is 455 g/mol. The van der Waals surface area contributed by atoms with Gasteiger partial charge in [0.05, 0.1) is 11.5 Å². The van der Waals surface area contributed by atoms with E-state index in [0.29, 0.717) is 24.1 Å². The van der Waals surface area contributed by atoms with E-state index in [0.717, 1.165) is 37.3 Å². The minimum absolute atomic E-state index is 0. The van der Waals surface area contributed by atoms with E-state index in [-0.39, 0.29) is 29.9 Å². The predicted octanol–water partition coefficient (Wildman–Crippen LogP) is 2.13. The molecule has 2 unspecified atom stereocenters. The molecular weight excluding hydrogens is 425 g/mol. The zero-order chi connectivity index (χ0) is 15.7. The van der Waals surface area contributed by atoms with Gasteiger partial charge in [0.25, 0.3) is 0 Å². The van der Waals surface area contributed by atoms with Crippen molar-refractivity contribution in [3.8, 4) is 0 Å². The topological polar surface area (TPSA) is 61.8 Å². The van der Waals surface area contributed by atoms with E-state index < -0.39 is 9.84 Å². The predicted molar refractivity (Wildman–Crippen MR) is 105 cm³/mol. The summed E-state index contributed by atoms with van der Waals surface area (Å²) in [6.07, 6.45) is 4.86. The lowest BCUT2D eigenvalue weighted by atomic mass is 10.0. The van der Waals surface area contributed by atoms with Crippen molar-refractivity contribution in [2.45, 2.75) is 45.6 Å². The lowest BCUT2D eigenvalue weighted by molar-refractivity contribution is 0.428. The third kappa shape index (κ3) is 5.47. The molecule has 3 aliphatic rings. The molecule has 2 heterocycles. The Morgan fingerprint density at radius 2 is 1.96 bits per heavy atom. The highest BCUT2D eigenvalue weighted by molar-refractivity contribution is 14.0. The van der Waals surface area contributed by atoms with Gasteiger partial charge in [0.2, 0.25) is 0 Å². The largest absolute Gasteiger partial charge is 0.354 e. The zero-order valence-corrected chi connectivity index (χ0v) is 17.3. The molecule has 0 aromatic heterocycles. The Morgan fingerprint density at radius 3 is 2.52 bits per heavy atom. The molecule has 0 aromatic carbocycles. The maximum absolute atomic E-state index is 11.6. The average molecular weight is 455 g/mol. The second-order valence-corrected chi connectivity index (χ2v) is 9.79. The number of sulfone groups is 1. The second-order valence-electron chi connectivity index (χ2n) is 7.56. The van der Waals surface area contributed by atoms with Gasteiger partial charge in [-0.3, -0.25) is 4.99 Å². The van der Waals surface area contributed by atoms with Crippen LogP contribution in [0.3, 0.4) is 0 Å². The number of nitrogens with zero attached hydrogens (tertiary/aromatic N) is 2. The number of hydrogen-bond acceptors (Lipinski definition) is 3. The van der Waals surface area contributed by atoms with Gasteiger partial charge in [-0.25, -0.2) is 8.42 Å². The summed E-state index contributed by atoms with van der Waals surface area (Å²) in [6, 6.07) is 0.353. The normalized spacial score (nSPS) is 30.6. The van der Waals surface area contributed by atoms with E-state index in [2.05, 4.69) is 24.1 Å². The fourth-order valence-corrected chi connectivity index (χ4v) is 5.51. The molecule has 1 saturated carbocycles. The highest BCUT2D eigenvalue weighted by Crippen LogP contribution is 2.41. The molecule has 0 amide bonds. The Morgan fingerprint density at radius 1 is 1.22 bits per heavy atom. The van der Waals surface area contributed by atoms with Gasteiger partial charge in [-0.05, 0) is 57.3 Å². The first-order valence-electron chi connectivity index (χ1n) is 8.69. The minimum Gasteiger partial charge on any atom is -0.354 e. The summed E-state index contributed by atoms with van der Waals surface area (Å²) in [5.74, 6) is 3.64. The van der Waals surface area contributed by atoms with Crippen LogP contribution < -0.4 is 5.32 Å². The summed E-state index contributed by atoms with van der Waals surface area (Å²) in [6.45, 7) is 7.10. The fraction of sp³-hybridized carbons (Fsp3) is 0.938. The van der Waals surface area contributed by atoms with Crippen molar-refractivity contribution in [2.75, 3.05) is 31.1 Å². The molecule has 3 fully saturated rings. The highest BCUT2D eigenvalue weighted by atomic mass is 127. The van der Waals surface area contributed by atoms with Crippen LogP contribution in [0.25, 0.3) is 0 Å². The molecule has 1 N–H and O–H groups in total. The van der Waals surface area contributed by atoms with E-state index in [1.807, 2.05) is 0 Å². The molecule has 5 nitrogen and oxygen atoms in total. The molecule has 2 atom stereocenters. The zero-order valence-electron chi connectivity index (χ0n) is 14.2. The van der Waals surface area contributed by atoms with Crippen molar-refractivity contribution in [3.63, 3.8) is 0 Å². The maximum atomic E-state index is 11.6. The molecule has 1 aliphatic carbocycles. The van der Waals surface area contributed by atoms with Crippen LogP contribution >= 0.6 is 24.0 Å². The summed E-state index contributed by atoms with van der Waals surface area (Å²) >= 11 is 0. The number of guanidine groups is 1. The van der Waals surface area contributed by atoms with Crippen molar-refractivity contribution in [2.24, 2.45) is 22.7 Å². The van der Waals surface area contributed by atoms with E-state index >= 15 is 0 Å². The number of nitrogens with one attached hydrogen (secondary N) is 1. The lowest BCUT2D eigenvalue weighted by Gasteiger charge is -2.24.